The van der Waals surface area contributed by atoms with Gasteiger partial charge in [-0.15, -0.1) is 0 Å². The van der Waals surface area contributed by atoms with Crippen molar-refractivity contribution in [3.8, 4) is 0 Å². The Morgan fingerprint density at radius 2 is 1.73 bits per heavy atom. The van der Waals surface area contributed by atoms with Crippen molar-refractivity contribution in [2.45, 2.75) is 33.6 Å². The van der Waals surface area contributed by atoms with E-state index in [0.717, 1.165) is 12.8 Å². The van der Waals surface area contributed by atoms with E-state index in [4.69, 9.17) is 5.21 Å². The zero-order valence-corrected chi connectivity index (χ0v) is 9.58. The van der Waals surface area contributed by atoms with Crippen molar-refractivity contribution in [1.29, 1.82) is 0 Å². The number of nitrogens with one attached hydrogen (secondary N) is 1. The predicted octanol–water partition coefficient (Wildman–Crippen LogP) is 2.07. The lowest BCUT2D eigenvalue weighted by Crippen LogP contribution is -2.99. The molecule has 0 saturated carbocycles. The highest BCUT2D eigenvalue weighted by atomic mass is 16.8. The summed E-state index contributed by atoms with van der Waals surface area (Å²) in [5.41, 5.74) is 1.88. The van der Waals surface area contributed by atoms with Crippen molar-refractivity contribution in [3.63, 3.8) is 0 Å². The Morgan fingerprint density at radius 3 is 2.13 bits per heavy atom. The predicted molar refractivity (Wildman–Crippen MR) is 60.0 cm³/mol. The molecule has 0 aliphatic carbocycles. The molecule has 0 heterocycles. The van der Waals surface area contributed by atoms with Gasteiger partial charge in [0.1, 0.15) is 0 Å². The summed E-state index contributed by atoms with van der Waals surface area (Å²) in [6.07, 6.45) is 2.11. The van der Waals surface area contributed by atoms with Gasteiger partial charge in [-0.1, -0.05) is 32.9 Å². The number of benzene rings is 1. The van der Waals surface area contributed by atoms with Crippen molar-refractivity contribution in [1.82, 2.24) is 0 Å². The monoisotopic (exact) mass is 209 g/mol. The van der Waals surface area contributed by atoms with Crippen LogP contribution >= 0.6 is 0 Å². The smallest absolute Gasteiger partial charge is 0.163 e. The van der Waals surface area contributed by atoms with Crippen LogP contribution in [-0.2, 0) is 6.42 Å². The van der Waals surface area contributed by atoms with E-state index in [1.54, 1.807) is 12.1 Å². The lowest BCUT2D eigenvalue weighted by molar-refractivity contribution is -0.991. The fourth-order valence-corrected chi connectivity index (χ4v) is 1.33. The summed E-state index contributed by atoms with van der Waals surface area (Å²) in [5.74, 6) is 0. The van der Waals surface area contributed by atoms with Gasteiger partial charge in [-0.2, -0.15) is 5.23 Å². The molecule has 1 atom stereocenters. The molecule has 3 heteroatoms. The highest BCUT2D eigenvalue weighted by molar-refractivity contribution is 5.32. The largest absolute Gasteiger partial charge is 0.595 e. The third kappa shape index (κ3) is 4.42. The molecule has 84 valence electrons. The molecule has 15 heavy (non-hydrogen) atoms. The van der Waals surface area contributed by atoms with Gasteiger partial charge in [-0.05, 0) is 23.8 Å². The van der Waals surface area contributed by atoms with Crippen molar-refractivity contribution >= 4 is 5.69 Å². The standard InChI is InChI=1S/C12H19NO2/c1-12(2,3)9-8-10-4-6-11(7-5-10)13(14)15/h4-7,13-14H,8-9H2,1-3H3. The van der Waals surface area contributed by atoms with E-state index in [2.05, 4.69) is 20.8 Å². The lowest BCUT2D eigenvalue weighted by Gasteiger charge is -2.18. The van der Waals surface area contributed by atoms with Gasteiger partial charge in [0.2, 0.25) is 0 Å². The van der Waals surface area contributed by atoms with Crippen LogP contribution < -0.4 is 5.23 Å². The molecule has 0 spiro atoms. The number of hydrogen-bond acceptors (Lipinski definition) is 2. The van der Waals surface area contributed by atoms with Crippen LogP contribution in [0.3, 0.4) is 0 Å². The highest BCUT2D eigenvalue weighted by Gasteiger charge is 2.10. The van der Waals surface area contributed by atoms with E-state index < -0.39 is 5.23 Å². The first-order chi connectivity index (χ1) is 6.88. The molecule has 0 fully saturated rings. The minimum Gasteiger partial charge on any atom is -0.595 e. The number of quaternary nitrogens is 1. The normalized spacial score (nSPS) is 13.9. The Morgan fingerprint density at radius 1 is 1.20 bits per heavy atom. The molecule has 0 amide bonds. The molecule has 0 bridgehead atoms. The van der Waals surface area contributed by atoms with Gasteiger partial charge >= 0.3 is 0 Å². The minimum absolute atomic E-state index is 0.325. The number of rotatable bonds is 3. The van der Waals surface area contributed by atoms with Gasteiger partial charge in [-0.3, -0.25) is 0 Å². The van der Waals surface area contributed by atoms with Crippen LogP contribution in [-0.4, -0.2) is 5.21 Å². The van der Waals surface area contributed by atoms with Crippen molar-refractivity contribution < 1.29 is 10.4 Å². The summed E-state index contributed by atoms with van der Waals surface area (Å²) in [6.45, 7) is 6.62. The molecular formula is C12H19NO2. The van der Waals surface area contributed by atoms with Crippen molar-refractivity contribution in [2.75, 3.05) is 0 Å². The van der Waals surface area contributed by atoms with Crippen LogP contribution in [0.4, 0.5) is 5.69 Å². The molecular weight excluding hydrogens is 190 g/mol. The molecule has 1 aromatic rings. The molecule has 0 aliphatic heterocycles. The summed E-state index contributed by atoms with van der Waals surface area (Å²) < 4.78 is 0. The molecule has 0 aliphatic rings. The van der Waals surface area contributed by atoms with E-state index in [1.807, 2.05) is 12.1 Å². The summed E-state index contributed by atoms with van der Waals surface area (Å²) >= 11 is 0. The average Bonchev–Trinajstić information content (AvgIpc) is 2.14. The summed E-state index contributed by atoms with van der Waals surface area (Å²) in [4.78, 5) is 0. The maximum absolute atomic E-state index is 10.6. The lowest BCUT2D eigenvalue weighted by atomic mass is 9.89. The van der Waals surface area contributed by atoms with Crippen LogP contribution in [0.5, 0.6) is 0 Å². The molecule has 0 radical (unpaired) electrons. The molecule has 3 nitrogen and oxygen atoms in total. The molecule has 0 aromatic heterocycles. The molecule has 1 rings (SSSR count). The Kier molecular flexibility index (Phi) is 3.85. The van der Waals surface area contributed by atoms with Gasteiger partial charge in [0.25, 0.3) is 0 Å². The molecule has 1 aromatic carbocycles. The fraction of sp³-hybridized carbons (Fsp3) is 0.500. The second kappa shape index (κ2) is 4.75. The average molecular weight is 209 g/mol. The SMILES string of the molecule is CC(C)(C)CCc1ccc([NH+]([O-])O)cc1. The second-order valence-corrected chi connectivity index (χ2v) is 5.06. The van der Waals surface area contributed by atoms with Gasteiger partial charge in [0.15, 0.2) is 5.69 Å². The third-order valence-corrected chi connectivity index (χ3v) is 2.36. The maximum atomic E-state index is 10.6. The molecule has 1 unspecified atom stereocenters. The van der Waals surface area contributed by atoms with Crippen LogP contribution in [0.1, 0.15) is 32.8 Å². The zero-order chi connectivity index (χ0) is 11.5. The summed E-state index contributed by atoms with van der Waals surface area (Å²) in [7, 11) is 0. The van der Waals surface area contributed by atoms with E-state index in [0.29, 0.717) is 11.1 Å². The minimum atomic E-state index is -0.864. The van der Waals surface area contributed by atoms with E-state index >= 15 is 0 Å². The second-order valence-electron chi connectivity index (χ2n) is 5.06. The van der Waals surface area contributed by atoms with Crippen LogP contribution in [0.2, 0.25) is 0 Å². The topological polar surface area (TPSA) is 47.7 Å². The first kappa shape index (κ1) is 12.2. The Hall–Kier alpha value is -0.900. The van der Waals surface area contributed by atoms with Crippen LogP contribution in [0.15, 0.2) is 24.3 Å². The van der Waals surface area contributed by atoms with Gasteiger partial charge in [0.05, 0.1) is 0 Å². The maximum Gasteiger partial charge on any atom is 0.163 e. The summed E-state index contributed by atoms with van der Waals surface area (Å²) in [6, 6.07) is 7.13. The number of aryl methyl sites for hydroxylation is 1. The van der Waals surface area contributed by atoms with Crippen LogP contribution in [0.25, 0.3) is 0 Å². The van der Waals surface area contributed by atoms with E-state index in [-0.39, 0.29) is 0 Å². The van der Waals surface area contributed by atoms with E-state index in [9.17, 15) is 5.21 Å². The quantitative estimate of drug-likeness (QED) is 0.749. The highest BCUT2D eigenvalue weighted by Crippen LogP contribution is 2.21. The van der Waals surface area contributed by atoms with E-state index in [1.165, 1.54) is 5.56 Å². The first-order valence-electron chi connectivity index (χ1n) is 5.21. The van der Waals surface area contributed by atoms with Crippen LogP contribution in [0, 0.1) is 10.6 Å². The van der Waals surface area contributed by atoms with Crippen molar-refractivity contribution in [3.05, 3.63) is 35.0 Å². The van der Waals surface area contributed by atoms with Gasteiger partial charge < -0.3 is 5.21 Å². The summed E-state index contributed by atoms with van der Waals surface area (Å²) in [5, 5.41) is 18.5. The fourth-order valence-electron chi connectivity index (χ4n) is 1.33. The third-order valence-electron chi connectivity index (χ3n) is 2.36. The molecule has 0 saturated heterocycles. The molecule has 2 N–H and O–H groups in total. The Balaban J connectivity index is 2.57. The van der Waals surface area contributed by atoms with Crippen molar-refractivity contribution in [2.24, 2.45) is 5.41 Å². The Bertz CT molecular complexity index is 298. The Labute approximate surface area is 90.9 Å². The van der Waals surface area contributed by atoms with Gasteiger partial charge in [-0.25, -0.2) is 5.21 Å². The zero-order valence-electron chi connectivity index (χ0n) is 9.58. The number of hydrogen-bond donors (Lipinski definition) is 2. The first-order valence-corrected chi connectivity index (χ1v) is 5.21. The van der Waals surface area contributed by atoms with Gasteiger partial charge in [0, 0.05) is 12.1 Å².